The molecule has 1 aliphatic rings. The molecule has 1 aromatic heterocycles. The molecule has 3 rings (SSSR count). The lowest BCUT2D eigenvalue weighted by molar-refractivity contribution is -0.137. The van der Waals surface area contributed by atoms with Crippen molar-refractivity contribution in [1.29, 1.82) is 0 Å². The molecular weight excluding hydrogens is 426 g/mol. The number of ether oxygens (including phenoxy) is 1. The highest BCUT2D eigenvalue weighted by Crippen LogP contribution is 2.31. The quantitative estimate of drug-likeness (QED) is 0.268. The second-order valence-corrected chi connectivity index (χ2v) is 9.28. The van der Waals surface area contributed by atoms with E-state index >= 15 is 0 Å². The Morgan fingerprint density at radius 3 is 2.66 bits per heavy atom. The van der Waals surface area contributed by atoms with Gasteiger partial charge in [0.1, 0.15) is 0 Å². The second-order valence-electron chi connectivity index (χ2n) is 8.84. The highest BCUT2D eigenvalue weighted by atomic mass is 35.5. The number of carboxylic acids is 1. The number of aryl methyl sites for hydroxylation is 1. The van der Waals surface area contributed by atoms with Crippen molar-refractivity contribution >= 4 is 34.3 Å². The van der Waals surface area contributed by atoms with Crippen molar-refractivity contribution in [2.45, 2.75) is 58.3 Å². The van der Waals surface area contributed by atoms with Crippen LogP contribution in [0.4, 0.5) is 0 Å². The van der Waals surface area contributed by atoms with Gasteiger partial charge in [0.15, 0.2) is 5.78 Å². The first-order valence-corrected chi connectivity index (χ1v) is 11.8. The van der Waals surface area contributed by atoms with Crippen LogP contribution in [0, 0.1) is 23.7 Å². The van der Waals surface area contributed by atoms with Crippen LogP contribution in [0.1, 0.15) is 67.9 Å². The summed E-state index contributed by atoms with van der Waals surface area (Å²) in [5.41, 5.74) is 2.70. The number of carbonyl (C=O) groups excluding carboxylic acids is 1. The van der Waals surface area contributed by atoms with Gasteiger partial charge in [-0.05, 0) is 43.4 Å². The fourth-order valence-electron chi connectivity index (χ4n) is 4.26. The van der Waals surface area contributed by atoms with Gasteiger partial charge in [0.25, 0.3) is 0 Å². The molecule has 1 fully saturated rings. The zero-order valence-corrected chi connectivity index (χ0v) is 19.7. The first-order valence-electron chi connectivity index (χ1n) is 11.4. The Labute approximate surface area is 195 Å². The van der Waals surface area contributed by atoms with Crippen molar-refractivity contribution in [2.75, 3.05) is 13.2 Å². The summed E-state index contributed by atoms with van der Waals surface area (Å²) in [5.74, 6) is 5.84. The molecule has 1 aliphatic heterocycles. The van der Waals surface area contributed by atoms with Crippen molar-refractivity contribution in [1.82, 2.24) is 4.57 Å². The van der Waals surface area contributed by atoms with Crippen LogP contribution >= 0.6 is 11.6 Å². The zero-order valence-electron chi connectivity index (χ0n) is 19.0. The Bertz CT molecular complexity index is 1030. The molecule has 6 heteroatoms. The molecule has 1 aromatic carbocycles. The molecule has 32 heavy (non-hydrogen) atoms. The molecule has 1 atom stereocenters. The van der Waals surface area contributed by atoms with E-state index < -0.39 is 5.97 Å². The van der Waals surface area contributed by atoms with Crippen molar-refractivity contribution in [3.63, 3.8) is 0 Å². The lowest BCUT2D eigenvalue weighted by atomic mass is 9.94. The van der Waals surface area contributed by atoms with Crippen LogP contribution in [0.15, 0.2) is 18.2 Å². The molecule has 5 nitrogen and oxygen atoms in total. The van der Waals surface area contributed by atoms with Gasteiger partial charge < -0.3 is 14.4 Å². The van der Waals surface area contributed by atoms with Crippen LogP contribution in [0.2, 0.25) is 5.02 Å². The van der Waals surface area contributed by atoms with E-state index in [4.69, 9.17) is 21.4 Å². The summed E-state index contributed by atoms with van der Waals surface area (Å²) in [6.07, 6.45) is 6.22. The summed E-state index contributed by atoms with van der Waals surface area (Å²) in [7, 11) is 1.99. The second kappa shape index (κ2) is 11.5. The van der Waals surface area contributed by atoms with E-state index in [1.807, 2.05) is 32.2 Å². The number of nitrogens with zero attached hydrogens (tertiary/aromatic N) is 1. The Kier molecular flexibility index (Phi) is 8.78. The largest absolute Gasteiger partial charge is 0.481 e. The molecule has 2 aromatic rings. The fraction of sp³-hybridized carbons (Fsp3) is 0.538. The molecule has 0 bridgehead atoms. The molecule has 172 valence electrons. The minimum absolute atomic E-state index is 0.00290. The van der Waals surface area contributed by atoms with E-state index in [1.165, 1.54) is 0 Å². The van der Waals surface area contributed by atoms with Crippen molar-refractivity contribution in [3.8, 4) is 11.8 Å². The fourth-order valence-corrected chi connectivity index (χ4v) is 4.43. The molecule has 0 unspecified atom stereocenters. The van der Waals surface area contributed by atoms with Gasteiger partial charge in [-0.3, -0.25) is 9.59 Å². The van der Waals surface area contributed by atoms with E-state index in [0.717, 1.165) is 68.3 Å². The number of ketones is 1. The third kappa shape index (κ3) is 6.37. The summed E-state index contributed by atoms with van der Waals surface area (Å²) in [5, 5.41) is 10.5. The van der Waals surface area contributed by atoms with Gasteiger partial charge in [-0.15, -0.1) is 5.92 Å². The molecule has 0 spiro atoms. The molecule has 0 saturated carbocycles. The minimum atomic E-state index is -0.878. The summed E-state index contributed by atoms with van der Waals surface area (Å²) in [6.45, 7) is 3.36. The summed E-state index contributed by atoms with van der Waals surface area (Å²) in [6, 6.07) is 5.64. The number of carboxylic acid groups (broad SMARTS) is 1. The number of benzene rings is 1. The summed E-state index contributed by atoms with van der Waals surface area (Å²) >= 11 is 6.23. The predicted molar refractivity (Wildman–Crippen MR) is 127 cm³/mol. The summed E-state index contributed by atoms with van der Waals surface area (Å²) < 4.78 is 7.22. The topological polar surface area (TPSA) is 68.5 Å². The number of aliphatic carboxylic acids is 1. The molecule has 0 radical (unpaired) electrons. The highest BCUT2D eigenvalue weighted by molar-refractivity contribution is 6.31. The molecule has 1 N–H and O–H groups in total. The van der Waals surface area contributed by atoms with E-state index in [2.05, 4.69) is 16.4 Å². The van der Waals surface area contributed by atoms with Crippen molar-refractivity contribution in [3.05, 3.63) is 34.5 Å². The predicted octanol–water partition coefficient (Wildman–Crippen LogP) is 5.66. The maximum absolute atomic E-state index is 13.2. The third-order valence-electron chi connectivity index (χ3n) is 6.03. The molecule has 0 amide bonds. The highest BCUT2D eigenvalue weighted by Gasteiger charge is 2.23. The van der Waals surface area contributed by atoms with Gasteiger partial charge >= 0.3 is 5.97 Å². The number of hydrogen-bond acceptors (Lipinski definition) is 3. The lowest BCUT2D eigenvalue weighted by Crippen LogP contribution is -2.25. The number of rotatable bonds is 11. The van der Waals surface area contributed by atoms with Crippen LogP contribution in [-0.2, 0) is 23.0 Å². The number of halogens is 1. The Balaban J connectivity index is 1.64. The zero-order chi connectivity index (χ0) is 23.1. The number of fused-ring (bicyclic) bond motifs is 1. The van der Waals surface area contributed by atoms with Gasteiger partial charge in [0.2, 0.25) is 0 Å². The lowest BCUT2D eigenvalue weighted by Gasteiger charge is -2.19. The van der Waals surface area contributed by atoms with Crippen LogP contribution in [0.5, 0.6) is 0 Å². The van der Waals surface area contributed by atoms with E-state index in [9.17, 15) is 9.59 Å². The average molecular weight is 458 g/mol. The average Bonchev–Trinajstić information content (AvgIpc) is 2.95. The maximum Gasteiger partial charge on any atom is 0.303 e. The van der Waals surface area contributed by atoms with E-state index in [0.29, 0.717) is 16.5 Å². The summed E-state index contributed by atoms with van der Waals surface area (Å²) in [4.78, 5) is 24.2. The monoisotopic (exact) mass is 457 g/mol. The van der Waals surface area contributed by atoms with Crippen LogP contribution in [0.25, 0.3) is 10.9 Å². The molecule has 2 heterocycles. The van der Waals surface area contributed by atoms with Gasteiger partial charge in [-0.2, -0.15) is 0 Å². The third-order valence-corrected chi connectivity index (χ3v) is 6.26. The number of carbonyl (C=O) groups is 2. The van der Waals surface area contributed by atoms with Gasteiger partial charge in [-0.1, -0.05) is 37.3 Å². The number of hydrogen-bond donors (Lipinski definition) is 1. The van der Waals surface area contributed by atoms with E-state index in [-0.39, 0.29) is 24.5 Å². The van der Waals surface area contributed by atoms with E-state index in [1.54, 1.807) is 0 Å². The van der Waals surface area contributed by atoms with Gasteiger partial charge in [-0.25, -0.2) is 0 Å². The van der Waals surface area contributed by atoms with Crippen LogP contribution in [-0.4, -0.2) is 34.6 Å². The van der Waals surface area contributed by atoms with Gasteiger partial charge in [0.05, 0.1) is 19.1 Å². The number of aromatic nitrogens is 1. The number of Topliss-reactive ketones (excluding diaryl/α,β-unsaturated/α-hetero) is 1. The Morgan fingerprint density at radius 1 is 1.22 bits per heavy atom. The Hall–Kier alpha value is -2.29. The van der Waals surface area contributed by atoms with Crippen molar-refractivity contribution < 1.29 is 19.4 Å². The molecule has 0 aliphatic carbocycles. The molecule has 1 saturated heterocycles. The maximum atomic E-state index is 13.2. The van der Waals surface area contributed by atoms with Crippen LogP contribution in [0.3, 0.4) is 0 Å². The smallest absolute Gasteiger partial charge is 0.303 e. The molecular formula is C26H32ClNO4. The van der Waals surface area contributed by atoms with Crippen molar-refractivity contribution in [2.24, 2.45) is 18.9 Å². The first-order chi connectivity index (χ1) is 15.4. The number of unbranched alkanes of at least 4 members (excludes halogenated alkanes) is 4. The standard InChI is InChI=1S/C26H32ClNO4/c1-18(14-25(30)31)13-24(29)26-21-15-20(27)11-12-22(21)28(2)23(26)10-8-6-4-3-5-7-9-19-16-32-17-19/h11-12,15,18-19H,3-6,8,10,13-14,16-17H2,1-2H3,(H,30,31)/t18-/m1/s1. The first kappa shape index (κ1) is 24.4. The Morgan fingerprint density at radius 2 is 1.97 bits per heavy atom. The minimum Gasteiger partial charge on any atom is -0.481 e. The van der Waals surface area contributed by atoms with Gasteiger partial charge in [0, 0.05) is 53.5 Å². The normalized spacial score (nSPS) is 14.6. The SMILES string of the molecule is C[C@@H](CC(=O)O)CC(=O)c1c(CCCCCCC#CC2COC2)n(C)c2ccc(Cl)cc12. The van der Waals surface area contributed by atoms with Crippen LogP contribution < -0.4 is 0 Å².